The first-order valence-electron chi connectivity index (χ1n) is 6.40. The van der Waals surface area contributed by atoms with Crippen molar-refractivity contribution in [1.29, 1.82) is 0 Å². The predicted octanol–water partition coefficient (Wildman–Crippen LogP) is 0.946. The Balaban J connectivity index is 2.20. The first-order valence-corrected chi connectivity index (χ1v) is 7.19. The second-order valence-corrected chi connectivity index (χ2v) is 5.49. The van der Waals surface area contributed by atoms with Crippen molar-refractivity contribution in [2.24, 2.45) is 7.05 Å². The molecule has 19 heavy (non-hydrogen) atoms. The van der Waals surface area contributed by atoms with Crippen LogP contribution in [0.2, 0.25) is 0 Å². The number of nitrogens with zero attached hydrogens (tertiary/aromatic N) is 4. The lowest BCUT2D eigenvalue weighted by Gasteiger charge is -2.37. The highest BCUT2D eigenvalue weighted by molar-refractivity contribution is 9.10. The monoisotopic (exact) mass is 330 g/mol. The lowest BCUT2D eigenvalue weighted by atomic mass is 10.1. The minimum absolute atomic E-state index is 0.611. The summed E-state index contributed by atoms with van der Waals surface area (Å²) in [5, 5.41) is 9.55. The standard InChI is InChI=1S/C12H19BrN4O2/c1-3-16-4-6-17(7-5-16)10(12(18)19)9-11(13)14-8-15(9)2/h8,10H,3-7H2,1-2H3,(H,18,19). The number of imidazole rings is 1. The molecule has 1 aliphatic rings. The normalized spacial score (nSPS) is 19.5. The minimum atomic E-state index is -0.825. The van der Waals surface area contributed by atoms with E-state index in [4.69, 9.17) is 0 Å². The van der Waals surface area contributed by atoms with Crippen molar-refractivity contribution < 1.29 is 9.90 Å². The number of carboxylic acid groups (broad SMARTS) is 1. The predicted molar refractivity (Wildman–Crippen MR) is 75.0 cm³/mol. The Bertz CT molecular complexity index is 435. The summed E-state index contributed by atoms with van der Waals surface area (Å²) in [5.74, 6) is -0.825. The summed E-state index contributed by atoms with van der Waals surface area (Å²) in [6.07, 6.45) is 1.64. The van der Waals surface area contributed by atoms with E-state index >= 15 is 0 Å². The molecule has 1 unspecified atom stereocenters. The SMILES string of the molecule is CCN1CCN(C(C(=O)O)c2c(Br)ncn2C)CC1. The average molecular weight is 331 g/mol. The van der Waals surface area contributed by atoms with Gasteiger partial charge in [0, 0.05) is 33.2 Å². The van der Waals surface area contributed by atoms with Crippen molar-refractivity contribution in [3.05, 3.63) is 16.6 Å². The molecule has 1 saturated heterocycles. The highest BCUT2D eigenvalue weighted by Gasteiger charge is 2.33. The highest BCUT2D eigenvalue weighted by atomic mass is 79.9. The molecule has 7 heteroatoms. The maximum atomic E-state index is 11.6. The largest absolute Gasteiger partial charge is 0.480 e. The molecule has 0 spiro atoms. The van der Waals surface area contributed by atoms with Crippen LogP contribution in [-0.2, 0) is 11.8 Å². The molecule has 0 amide bonds. The Hall–Kier alpha value is -0.920. The summed E-state index contributed by atoms with van der Waals surface area (Å²) in [5.41, 5.74) is 0.706. The highest BCUT2D eigenvalue weighted by Crippen LogP contribution is 2.27. The zero-order chi connectivity index (χ0) is 14.0. The number of aliphatic carboxylic acids is 1. The van der Waals surface area contributed by atoms with Crippen LogP contribution in [0.25, 0.3) is 0 Å². The summed E-state index contributed by atoms with van der Waals surface area (Å²) >= 11 is 3.35. The molecular weight excluding hydrogens is 312 g/mol. The first kappa shape index (κ1) is 14.5. The molecule has 106 valence electrons. The van der Waals surface area contributed by atoms with E-state index in [1.54, 1.807) is 10.9 Å². The van der Waals surface area contributed by atoms with E-state index in [1.165, 1.54) is 0 Å². The number of hydrogen-bond donors (Lipinski definition) is 1. The van der Waals surface area contributed by atoms with Gasteiger partial charge in [-0.1, -0.05) is 6.92 Å². The van der Waals surface area contributed by atoms with E-state index in [1.807, 2.05) is 11.9 Å². The quantitative estimate of drug-likeness (QED) is 0.890. The molecule has 0 radical (unpaired) electrons. The summed E-state index contributed by atoms with van der Waals surface area (Å²) in [4.78, 5) is 20.1. The number of piperazine rings is 1. The van der Waals surface area contributed by atoms with Crippen LogP contribution in [0.15, 0.2) is 10.9 Å². The zero-order valence-corrected chi connectivity index (χ0v) is 12.8. The minimum Gasteiger partial charge on any atom is -0.480 e. The second-order valence-electron chi connectivity index (χ2n) is 4.74. The number of aryl methyl sites for hydroxylation is 1. The van der Waals surface area contributed by atoms with Gasteiger partial charge in [-0.25, -0.2) is 4.98 Å². The second kappa shape index (κ2) is 6.02. The number of hydrogen-bond acceptors (Lipinski definition) is 4. The lowest BCUT2D eigenvalue weighted by molar-refractivity contribution is -0.144. The summed E-state index contributed by atoms with van der Waals surface area (Å²) in [6, 6.07) is -0.638. The maximum Gasteiger partial charge on any atom is 0.327 e. The van der Waals surface area contributed by atoms with Crippen molar-refractivity contribution in [1.82, 2.24) is 19.4 Å². The topological polar surface area (TPSA) is 61.6 Å². The lowest BCUT2D eigenvalue weighted by Crippen LogP contribution is -2.49. The zero-order valence-electron chi connectivity index (χ0n) is 11.2. The van der Waals surface area contributed by atoms with E-state index in [0.717, 1.165) is 32.7 Å². The Morgan fingerprint density at radius 3 is 2.53 bits per heavy atom. The van der Waals surface area contributed by atoms with Gasteiger partial charge in [0.05, 0.1) is 12.0 Å². The average Bonchev–Trinajstić information content (AvgIpc) is 2.71. The molecule has 6 nitrogen and oxygen atoms in total. The Kier molecular flexibility index (Phi) is 4.59. The van der Waals surface area contributed by atoms with Crippen molar-refractivity contribution in [3.8, 4) is 0 Å². The molecule has 1 N–H and O–H groups in total. The molecule has 0 saturated carbocycles. The molecule has 1 aliphatic heterocycles. The fraction of sp³-hybridized carbons (Fsp3) is 0.667. The van der Waals surface area contributed by atoms with Crippen LogP contribution in [0.1, 0.15) is 18.7 Å². The number of aromatic nitrogens is 2. The Labute approximate surface area is 121 Å². The van der Waals surface area contributed by atoms with Crippen LogP contribution in [0, 0.1) is 0 Å². The van der Waals surface area contributed by atoms with Crippen LogP contribution in [0.5, 0.6) is 0 Å². The Morgan fingerprint density at radius 1 is 1.47 bits per heavy atom. The maximum absolute atomic E-state index is 11.6. The number of likely N-dealkylation sites (N-methyl/N-ethyl adjacent to an activating group) is 1. The number of carboxylic acids is 1. The fourth-order valence-electron chi connectivity index (χ4n) is 2.50. The molecule has 1 aromatic rings. The third kappa shape index (κ3) is 2.98. The van der Waals surface area contributed by atoms with Crippen LogP contribution in [0.3, 0.4) is 0 Å². The van der Waals surface area contributed by atoms with Crippen molar-refractivity contribution >= 4 is 21.9 Å². The van der Waals surface area contributed by atoms with Gasteiger partial charge in [-0.3, -0.25) is 9.69 Å². The Morgan fingerprint density at radius 2 is 2.11 bits per heavy atom. The van der Waals surface area contributed by atoms with Crippen LogP contribution < -0.4 is 0 Å². The molecule has 0 aromatic carbocycles. The van der Waals surface area contributed by atoms with Crippen molar-refractivity contribution in [2.45, 2.75) is 13.0 Å². The van der Waals surface area contributed by atoms with Gasteiger partial charge in [-0.2, -0.15) is 0 Å². The number of halogens is 1. The fourth-order valence-corrected chi connectivity index (χ4v) is 3.09. The van der Waals surface area contributed by atoms with Crippen LogP contribution >= 0.6 is 15.9 Å². The van der Waals surface area contributed by atoms with Crippen molar-refractivity contribution in [3.63, 3.8) is 0 Å². The van der Waals surface area contributed by atoms with Gasteiger partial charge in [0.15, 0.2) is 6.04 Å². The molecule has 2 rings (SSSR count). The van der Waals surface area contributed by atoms with Crippen LogP contribution in [0.4, 0.5) is 0 Å². The van der Waals surface area contributed by atoms with Gasteiger partial charge in [0.25, 0.3) is 0 Å². The first-order chi connectivity index (χ1) is 9.04. The summed E-state index contributed by atoms with van der Waals surface area (Å²) in [6.45, 7) is 6.50. The van der Waals surface area contributed by atoms with E-state index in [9.17, 15) is 9.90 Å². The van der Waals surface area contributed by atoms with E-state index in [0.29, 0.717) is 10.3 Å². The molecule has 0 bridgehead atoms. The number of carbonyl (C=O) groups is 1. The van der Waals surface area contributed by atoms with Gasteiger partial charge in [0.1, 0.15) is 4.60 Å². The summed E-state index contributed by atoms with van der Waals surface area (Å²) in [7, 11) is 1.82. The van der Waals surface area contributed by atoms with E-state index in [2.05, 4.69) is 32.7 Å². The third-order valence-corrected chi connectivity index (χ3v) is 4.26. The van der Waals surface area contributed by atoms with E-state index in [-0.39, 0.29) is 0 Å². The molecular formula is C12H19BrN4O2. The van der Waals surface area contributed by atoms with Gasteiger partial charge in [-0.15, -0.1) is 0 Å². The van der Waals surface area contributed by atoms with Gasteiger partial charge >= 0.3 is 5.97 Å². The summed E-state index contributed by atoms with van der Waals surface area (Å²) < 4.78 is 2.38. The van der Waals surface area contributed by atoms with Crippen molar-refractivity contribution in [2.75, 3.05) is 32.7 Å². The van der Waals surface area contributed by atoms with Gasteiger partial charge < -0.3 is 14.6 Å². The number of rotatable bonds is 4. The van der Waals surface area contributed by atoms with Gasteiger partial charge in [0.2, 0.25) is 0 Å². The van der Waals surface area contributed by atoms with Crippen LogP contribution in [-0.4, -0.2) is 63.2 Å². The molecule has 1 atom stereocenters. The molecule has 0 aliphatic carbocycles. The third-order valence-electron chi connectivity index (χ3n) is 3.65. The molecule has 2 heterocycles. The molecule has 1 aromatic heterocycles. The molecule has 1 fully saturated rings. The smallest absolute Gasteiger partial charge is 0.327 e. The van der Waals surface area contributed by atoms with E-state index < -0.39 is 12.0 Å². The van der Waals surface area contributed by atoms with Gasteiger partial charge in [-0.05, 0) is 22.5 Å².